The molecule has 156 valence electrons. The van der Waals surface area contributed by atoms with Crippen LogP contribution in [0.2, 0.25) is 0 Å². The highest BCUT2D eigenvalue weighted by Gasteiger charge is 2.27. The number of hydrogen-bond acceptors (Lipinski definition) is 10. The standard InChI is InChI=1S/C18H20N8O3S/c1-2-29-17(28)13-8-30-18(23-13)24-16(27)12-4-3-5-25(7-12)14-6-15(21-10-20-14)26-11-19-9-22-26/h6,8-12H,2-5,7H2,1H3,(H,23,24,27). The SMILES string of the molecule is CCOC(=O)c1csc(NC(=O)C2CCCN(c3cc(-n4cncn4)ncn3)C2)n1. The highest BCUT2D eigenvalue weighted by molar-refractivity contribution is 7.14. The van der Waals surface area contributed by atoms with E-state index in [0.717, 1.165) is 25.2 Å². The van der Waals surface area contributed by atoms with Crippen LogP contribution in [0.1, 0.15) is 30.3 Å². The van der Waals surface area contributed by atoms with Crippen LogP contribution in [0.5, 0.6) is 0 Å². The van der Waals surface area contributed by atoms with Crippen molar-refractivity contribution in [3.63, 3.8) is 0 Å². The Morgan fingerprint density at radius 3 is 2.97 bits per heavy atom. The topological polar surface area (TPSA) is 128 Å². The van der Waals surface area contributed by atoms with Gasteiger partial charge in [0.15, 0.2) is 16.6 Å². The van der Waals surface area contributed by atoms with Crippen LogP contribution in [0.15, 0.2) is 30.4 Å². The summed E-state index contributed by atoms with van der Waals surface area (Å²) in [4.78, 5) is 43.2. The van der Waals surface area contributed by atoms with Gasteiger partial charge in [-0.2, -0.15) is 5.10 Å². The van der Waals surface area contributed by atoms with Crippen LogP contribution in [0.3, 0.4) is 0 Å². The molecule has 0 spiro atoms. The van der Waals surface area contributed by atoms with Gasteiger partial charge in [-0.25, -0.2) is 29.4 Å². The summed E-state index contributed by atoms with van der Waals surface area (Å²) in [5, 5.41) is 8.86. The maximum Gasteiger partial charge on any atom is 0.357 e. The molecule has 1 unspecified atom stereocenters. The third-order valence-corrected chi connectivity index (χ3v) is 5.38. The first-order valence-corrected chi connectivity index (χ1v) is 10.4. The summed E-state index contributed by atoms with van der Waals surface area (Å²) < 4.78 is 6.48. The van der Waals surface area contributed by atoms with Gasteiger partial charge >= 0.3 is 5.97 Å². The number of ether oxygens (including phenoxy) is 1. The zero-order valence-electron chi connectivity index (χ0n) is 16.3. The van der Waals surface area contributed by atoms with Crippen LogP contribution in [-0.4, -0.2) is 61.3 Å². The second-order valence-corrected chi connectivity index (χ2v) is 7.47. The third kappa shape index (κ3) is 4.43. The molecule has 1 aliphatic heterocycles. The number of amides is 1. The molecule has 0 saturated carbocycles. The smallest absolute Gasteiger partial charge is 0.357 e. The summed E-state index contributed by atoms with van der Waals surface area (Å²) in [6, 6.07) is 1.82. The zero-order valence-corrected chi connectivity index (χ0v) is 17.1. The van der Waals surface area contributed by atoms with Gasteiger partial charge in [0.05, 0.1) is 12.5 Å². The van der Waals surface area contributed by atoms with Crippen molar-refractivity contribution in [2.24, 2.45) is 5.92 Å². The van der Waals surface area contributed by atoms with E-state index in [1.54, 1.807) is 23.3 Å². The Balaban J connectivity index is 1.41. The van der Waals surface area contributed by atoms with E-state index in [9.17, 15) is 9.59 Å². The summed E-state index contributed by atoms with van der Waals surface area (Å²) in [7, 11) is 0. The minimum absolute atomic E-state index is 0.130. The van der Waals surface area contributed by atoms with Gasteiger partial charge in [0.25, 0.3) is 0 Å². The molecule has 0 radical (unpaired) electrons. The number of esters is 1. The number of thiazole rings is 1. The Hall–Kier alpha value is -3.41. The molecule has 3 aromatic heterocycles. The molecule has 0 aliphatic carbocycles. The van der Waals surface area contributed by atoms with Gasteiger partial charge in [0, 0.05) is 24.5 Å². The number of hydrogen-bond donors (Lipinski definition) is 1. The summed E-state index contributed by atoms with van der Waals surface area (Å²) in [5.74, 6) is 0.490. The van der Waals surface area contributed by atoms with E-state index in [2.05, 4.69) is 35.3 Å². The highest BCUT2D eigenvalue weighted by Crippen LogP contribution is 2.24. The van der Waals surface area contributed by atoms with Crippen LogP contribution in [0.25, 0.3) is 5.82 Å². The average molecular weight is 428 g/mol. The number of carbonyl (C=O) groups is 2. The van der Waals surface area contributed by atoms with Crippen LogP contribution < -0.4 is 10.2 Å². The Labute approximate surface area is 176 Å². The van der Waals surface area contributed by atoms with Crippen molar-refractivity contribution in [1.29, 1.82) is 0 Å². The molecule has 1 fully saturated rings. The van der Waals surface area contributed by atoms with Crippen molar-refractivity contribution in [3.05, 3.63) is 36.1 Å². The Morgan fingerprint density at radius 2 is 2.17 bits per heavy atom. The van der Waals surface area contributed by atoms with E-state index >= 15 is 0 Å². The molecule has 1 saturated heterocycles. The molecule has 3 aromatic rings. The second kappa shape index (κ2) is 8.95. The van der Waals surface area contributed by atoms with Gasteiger partial charge in [-0.15, -0.1) is 11.3 Å². The predicted molar refractivity (Wildman–Crippen MR) is 109 cm³/mol. The number of nitrogens with zero attached hydrogens (tertiary/aromatic N) is 7. The van der Waals surface area contributed by atoms with Crippen LogP contribution in [-0.2, 0) is 9.53 Å². The maximum absolute atomic E-state index is 12.8. The molecule has 0 aromatic carbocycles. The summed E-state index contributed by atoms with van der Waals surface area (Å²) in [5.41, 5.74) is 0.198. The molecule has 11 nitrogen and oxygen atoms in total. The summed E-state index contributed by atoms with van der Waals surface area (Å²) in [6.45, 7) is 3.32. The van der Waals surface area contributed by atoms with Gasteiger partial charge in [0.2, 0.25) is 5.91 Å². The number of piperidine rings is 1. The van der Waals surface area contributed by atoms with Crippen molar-refractivity contribution in [3.8, 4) is 5.82 Å². The van der Waals surface area contributed by atoms with E-state index in [-0.39, 0.29) is 24.1 Å². The number of carbonyl (C=O) groups excluding carboxylic acids is 2. The fourth-order valence-corrected chi connectivity index (χ4v) is 3.88. The first-order chi connectivity index (χ1) is 14.6. The monoisotopic (exact) mass is 428 g/mol. The zero-order chi connectivity index (χ0) is 20.9. The largest absolute Gasteiger partial charge is 0.461 e. The normalized spacial score (nSPS) is 16.3. The van der Waals surface area contributed by atoms with E-state index in [0.29, 0.717) is 17.5 Å². The molecule has 4 rings (SSSR count). The number of nitrogens with one attached hydrogen (secondary N) is 1. The minimum Gasteiger partial charge on any atom is -0.461 e. The van der Waals surface area contributed by atoms with Crippen molar-refractivity contribution in [2.75, 3.05) is 29.9 Å². The Bertz CT molecular complexity index is 1020. The number of aromatic nitrogens is 6. The molecule has 4 heterocycles. The quantitative estimate of drug-likeness (QED) is 0.581. The molecular weight excluding hydrogens is 408 g/mol. The average Bonchev–Trinajstić information content (AvgIpc) is 3.47. The van der Waals surface area contributed by atoms with E-state index in [4.69, 9.17) is 4.74 Å². The first-order valence-electron chi connectivity index (χ1n) is 9.49. The van der Waals surface area contributed by atoms with E-state index in [1.165, 1.54) is 24.0 Å². The van der Waals surface area contributed by atoms with Gasteiger partial charge in [0.1, 0.15) is 24.8 Å². The summed E-state index contributed by atoms with van der Waals surface area (Å²) in [6.07, 6.45) is 6.10. The molecule has 1 amide bonds. The number of anilines is 2. The molecule has 1 atom stereocenters. The van der Waals surface area contributed by atoms with Gasteiger partial charge in [-0.1, -0.05) is 0 Å². The van der Waals surface area contributed by atoms with Crippen molar-refractivity contribution >= 4 is 34.2 Å². The maximum atomic E-state index is 12.8. The van der Waals surface area contributed by atoms with Crippen LogP contribution in [0, 0.1) is 5.92 Å². The fraction of sp³-hybridized carbons (Fsp3) is 0.389. The van der Waals surface area contributed by atoms with Crippen molar-refractivity contribution in [1.82, 2.24) is 29.7 Å². The number of rotatable bonds is 6. The minimum atomic E-state index is -0.495. The van der Waals surface area contributed by atoms with Crippen molar-refractivity contribution < 1.29 is 14.3 Å². The third-order valence-electron chi connectivity index (χ3n) is 4.63. The molecule has 0 bridgehead atoms. The lowest BCUT2D eigenvalue weighted by Crippen LogP contribution is -2.41. The molecule has 1 aliphatic rings. The molecule has 30 heavy (non-hydrogen) atoms. The lowest BCUT2D eigenvalue weighted by atomic mass is 9.97. The van der Waals surface area contributed by atoms with E-state index in [1.807, 2.05) is 6.07 Å². The lowest BCUT2D eigenvalue weighted by Gasteiger charge is -2.32. The fourth-order valence-electron chi connectivity index (χ4n) is 3.20. The first kappa shape index (κ1) is 19.9. The molecule has 12 heteroatoms. The summed E-state index contributed by atoms with van der Waals surface area (Å²) >= 11 is 1.20. The highest BCUT2D eigenvalue weighted by atomic mass is 32.1. The lowest BCUT2D eigenvalue weighted by molar-refractivity contribution is -0.120. The molecular formula is C18H20N8O3S. The predicted octanol–water partition coefficient (Wildman–Crippen LogP) is 1.55. The Morgan fingerprint density at radius 1 is 1.30 bits per heavy atom. The van der Waals surface area contributed by atoms with Crippen LogP contribution in [0.4, 0.5) is 10.9 Å². The Kier molecular flexibility index (Phi) is 5.93. The van der Waals surface area contributed by atoms with Crippen LogP contribution >= 0.6 is 11.3 Å². The van der Waals surface area contributed by atoms with Gasteiger partial charge in [-0.3, -0.25) is 4.79 Å². The van der Waals surface area contributed by atoms with E-state index < -0.39 is 5.97 Å². The van der Waals surface area contributed by atoms with Crippen molar-refractivity contribution in [2.45, 2.75) is 19.8 Å². The van der Waals surface area contributed by atoms with Gasteiger partial charge < -0.3 is 15.0 Å². The molecule has 1 N–H and O–H groups in total. The van der Waals surface area contributed by atoms with Gasteiger partial charge in [-0.05, 0) is 19.8 Å². The second-order valence-electron chi connectivity index (χ2n) is 6.61.